The van der Waals surface area contributed by atoms with E-state index in [4.69, 9.17) is 9.47 Å². The summed E-state index contributed by atoms with van der Waals surface area (Å²) in [5, 5.41) is 5.35. The first-order valence-corrected chi connectivity index (χ1v) is 13.3. The minimum absolute atomic E-state index is 0.0356. The van der Waals surface area contributed by atoms with Crippen LogP contribution >= 0.6 is 0 Å². The second-order valence-corrected chi connectivity index (χ2v) is 10.5. The Morgan fingerprint density at radius 2 is 1.75 bits per heavy atom. The molecule has 0 bridgehead atoms. The second kappa shape index (κ2) is 12.3. The van der Waals surface area contributed by atoms with Crippen molar-refractivity contribution >= 4 is 17.8 Å². The summed E-state index contributed by atoms with van der Waals surface area (Å²) in [6.07, 6.45) is 0.0531. The molecule has 0 radical (unpaired) electrons. The largest absolute Gasteiger partial charge is 0.497 e. The number of carbonyl (C=O) groups is 2. The van der Waals surface area contributed by atoms with Crippen molar-refractivity contribution in [3.05, 3.63) is 47.7 Å². The summed E-state index contributed by atoms with van der Waals surface area (Å²) in [6, 6.07) is 2.00. The van der Waals surface area contributed by atoms with Crippen LogP contribution in [-0.2, 0) is 4.79 Å². The van der Waals surface area contributed by atoms with E-state index in [0.29, 0.717) is 18.6 Å². The molecule has 2 heterocycles. The molecule has 40 heavy (non-hydrogen) atoms. The third-order valence-electron chi connectivity index (χ3n) is 7.50. The average Bonchev–Trinajstić information content (AvgIpc) is 3.12. The van der Waals surface area contributed by atoms with Gasteiger partial charge in [-0.1, -0.05) is 0 Å². The third-order valence-corrected chi connectivity index (χ3v) is 7.50. The van der Waals surface area contributed by atoms with E-state index in [1.165, 1.54) is 18.2 Å². The van der Waals surface area contributed by atoms with Gasteiger partial charge in [-0.2, -0.15) is 0 Å². The number of ether oxygens (including phenoxy) is 2. The molecule has 0 spiro atoms. The number of pyridine rings is 1. The summed E-state index contributed by atoms with van der Waals surface area (Å²) in [5.41, 5.74) is -0.380. The fraction of sp³-hybridized carbons (Fsp3) is 0.536. The highest BCUT2D eigenvalue weighted by molar-refractivity contribution is 6.03. The lowest BCUT2D eigenvalue weighted by atomic mass is 9.86. The highest BCUT2D eigenvalue weighted by Crippen LogP contribution is 2.42. The Morgan fingerprint density at radius 1 is 1.10 bits per heavy atom. The van der Waals surface area contributed by atoms with Crippen LogP contribution in [0.3, 0.4) is 0 Å². The number of hydrogen-bond donors (Lipinski definition) is 2. The molecule has 1 aliphatic heterocycles. The molecule has 12 heteroatoms. The van der Waals surface area contributed by atoms with Crippen LogP contribution in [0.1, 0.15) is 57.9 Å². The Bertz CT molecular complexity index is 1200. The fourth-order valence-corrected chi connectivity index (χ4v) is 5.59. The maximum atomic E-state index is 15.3. The first-order chi connectivity index (χ1) is 19.0. The summed E-state index contributed by atoms with van der Waals surface area (Å²) < 4.78 is 67.5. The Morgan fingerprint density at radius 3 is 2.33 bits per heavy atom. The molecule has 4 rings (SSSR count). The van der Waals surface area contributed by atoms with Crippen LogP contribution in [0, 0.1) is 17.6 Å². The van der Waals surface area contributed by atoms with Gasteiger partial charge in [-0.15, -0.1) is 0 Å². The lowest BCUT2D eigenvalue weighted by molar-refractivity contribution is -0.118. The van der Waals surface area contributed by atoms with Crippen molar-refractivity contribution in [1.82, 2.24) is 15.6 Å². The average molecular weight is 567 g/mol. The van der Waals surface area contributed by atoms with E-state index in [9.17, 15) is 18.4 Å². The van der Waals surface area contributed by atoms with Gasteiger partial charge >= 0.3 is 6.03 Å². The van der Waals surface area contributed by atoms with Gasteiger partial charge in [0.1, 0.15) is 23.4 Å². The van der Waals surface area contributed by atoms with Gasteiger partial charge < -0.3 is 20.1 Å². The molecule has 1 aromatic heterocycles. The van der Waals surface area contributed by atoms with Gasteiger partial charge in [-0.25, -0.2) is 27.3 Å². The van der Waals surface area contributed by atoms with Crippen LogP contribution in [0.15, 0.2) is 30.5 Å². The predicted octanol–water partition coefficient (Wildman–Crippen LogP) is 5.17. The van der Waals surface area contributed by atoms with Crippen molar-refractivity contribution < 1.29 is 36.6 Å². The molecular formula is C28H34F4N4O4. The van der Waals surface area contributed by atoms with Crippen LogP contribution < -0.4 is 25.0 Å². The number of anilines is 1. The Balaban J connectivity index is 1.66. The van der Waals surface area contributed by atoms with Crippen LogP contribution in [0.2, 0.25) is 0 Å². The number of halogens is 4. The molecule has 0 unspecified atom stereocenters. The highest BCUT2D eigenvalue weighted by atomic mass is 19.3. The summed E-state index contributed by atoms with van der Waals surface area (Å²) in [6.45, 7) is 5.23. The van der Waals surface area contributed by atoms with Crippen LogP contribution in [-0.4, -0.2) is 54.7 Å². The number of hydrogen-bond acceptors (Lipinski definition) is 5. The van der Waals surface area contributed by atoms with Crippen molar-refractivity contribution in [3.63, 3.8) is 0 Å². The number of alkyl halides is 2. The molecule has 1 saturated carbocycles. The van der Waals surface area contributed by atoms with Crippen LogP contribution in [0.25, 0.3) is 0 Å². The van der Waals surface area contributed by atoms with Crippen molar-refractivity contribution in [2.24, 2.45) is 5.92 Å². The van der Waals surface area contributed by atoms with Crippen LogP contribution in [0.4, 0.5) is 28.2 Å². The molecule has 218 valence electrons. The number of nitrogens with zero attached hydrogens (tertiary/aromatic N) is 2. The number of rotatable bonds is 8. The molecule has 2 aliphatic rings. The topological polar surface area (TPSA) is 92.8 Å². The second-order valence-electron chi connectivity index (χ2n) is 10.5. The zero-order valence-corrected chi connectivity index (χ0v) is 22.8. The van der Waals surface area contributed by atoms with E-state index in [1.54, 1.807) is 32.9 Å². The summed E-state index contributed by atoms with van der Waals surface area (Å²) in [4.78, 5) is 32.5. The van der Waals surface area contributed by atoms with Gasteiger partial charge in [-0.05, 0) is 58.6 Å². The molecule has 3 atom stereocenters. The smallest absolute Gasteiger partial charge is 0.315 e. The summed E-state index contributed by atoms with van der Waals surface area (Å²) in [7, 11) is 1.28. The van der Waals surface area contributed by atoms with Gasteiger partial charge in [-0.3, -0.25) is 9.69 Å². The number of urea groups is 1. The van der Waals surface area contributed by atoms with E-state index < -0.39 is 53.9 Å². The van der Waals surface area contributed by atoms with Crippen molar-refractivity contribution in [3.8, 4) is 11.5 Å². The number of aromatic nitrogens is 1. The normalized spacial score (nSPS) is 24.9. The number of carbonyl (C=O) groups excluding carboxylic acids is 2. The van der Waals surface area contributed by atoms with E-state index in [0.717, 1.165) is 12.1 Å². The van der Waals surface area contributed by atoms with Gasteiger partial charge in [0.05, 0.1) is 13.2 Å². The van der Waals surface area contributed by atoms with Crippen molar-refractivity contribution in [2.75, 3.05) is 12.0 Å². The molecule has 3 amide bonds. The Labute approximate surface area is 230 Å². The lowest BCUT2D eigenvalue weighted by Crippen LogP contribution is -2.51. The number of nitrogens with one attached hydrogen (secondary N) is 2. The van der Waals surface area contributed by atoms with E-state index >= 15 is 8.78 Å². The first kappa shape index (κ1) is 29.4. The molecule has 1 aromatic carbocycles. The zero-order valence-electron chi connectivity index (χ0n) is 22.8. The zero-order chi connectivity index (χ0) is 29.1. The molecule has 1 aliphatic carbocycles. The van der Waals surface area contributed by atoms with E-state index in [2.05, 4.69) is 15.6 Å². The number of amides is 3. The van der Waals surface area contributed by atoms with Gasteiger partial charge in [0.25, 0.3) is 5.91 Å². The number of benzene rings is 1. The maximum Gasteiger partial charge on any atom is 0.315 e. The Kier molecular flexibility index (Phi) is 9.05. The molecule has 2 fully saturated rings. The highest BCUT2D eigenvalue weighted by Gasteiger charge is 2.51. The van der Waals surface area contributed by atoms with Crippen molar-refractivity contribution in [2.45, 2.75) is 83.0 Å². The third kappa shape index (κ3) is 6.10. The lowest BCUT2D eigenvalue weighted by Gasteiger charge is -2.29. The Hall–Kier alpha value is -3.57. The number of methoxy groups -OCH3 is 1. The summed E-state index contributed by atoms with van der Waals surface area (Å²) in [5.74, 6) is -3.93. The van der Waals surface area contributed by atoms with E-state index in [1.807, 2.05) is 0 Å². The standard InChI is InChI=1S/C28H34F4N4O4/c1-14(2)40-21-6-5-11-33-26(21)36-15(3)22(23-19(29)12-18(39-4)13-20(23)30)24(27(36)37)35-28(38)34-17-9-7-16(8-10-17)25(31)32/h5-6,11-17,22,24-25H,7-10H2,1-4H3,(H2,34,35,38)/t15-,16?,17?,22-,24-/m0/s1. The minimum Gasteiger partial charge on any atom is -0.497 e. The molecule has 2 N–H and O–H groups in total. The van der Waals surface area contributed by atoms with Gasteiger partial charge in [0, 0.05) is 47.8 Å². The monoisotopic (exact) mass is 566 g/mol. The van der Waals surface area contributed by atoms with E-state index in [-0.39, 0.29) is 42.1 Å². The van der Waals surface area contributed by atoms with Crippen LogP contribution in [0.5, 0.6) is 11.5 Å². The predicted molar refractivity (Wildman–Crippen MR) is 140 cm³/mol. The van der Waals surface area contributed by atoms with Gasteiger partial charge in [0.15, 0.2) is 11.6 Å². The molecule has 1 saturated heterocycles. The minimum atomic E-state index is -2.41. The first-order valence-electron chi connectivity index (χ1n) is 13.3. The van der Waals surface area contributed by atoms with Gasteiger partial charge in [0.2, 0.25) is 6.43 Å². The van der Waals surface area contributed by atoms with Crippen molar-refractivity contribution in [1.29, 1.82) is 0 Å². The molecule has 8 nitrogen and oxygen atoms in total. The fourth-order valence-electron chi connectivity index (χ4n) is 5.59. The molecular weight excluding hydrogens is 532 g/mol. The quantitative estimate of drug-likeness (QED) is 0.431. The maximum absolute atomic E-state index is 15.3. The SMILES string of the molecule is COc1cc(F)c([C@H]2[C@H](NC(=O)NC3CCC(C(F)F)CC3)C(=O)N(c3ncccc3OC(C)C)[C@H]2C)c(F)c1. The molecule has 2 aromatic rings. The summed E-state index contributed by atoms with van der Waals surface area (Å²) >= 11 is 0.